The molecule has 2 N–H and O–H groups in total. The van der Waals surface area contributed by atoms with Gasteiger partial charge in [-0.25, -0.2) is 0 Å². The Balaban J connectivity index is 1.51. The average molecular weight is 298 g/mol. The molecule has 22 heavy (non-hydrogen) atoms. The molecular weight excluding hydrogens is 280 g/mol. The minimum absolute atomic E-state index is 0.127. The first-order valence-electron chi connectivity index (χ1n) is 7.35. The summed E-state index contributed by atoms with van der Waals surface area (Å²) >= 11 is 0. The first-order valence-corrected chi connectivity index (χ1v) is 7.35. The minimum Gasteiger partial charge on any atom is -0.459 e. The number of anilines is 1. The van der Waals surface area contributed by atoms with Crippen molar-refractivity contribution in [3.63, 3.8) is 0 Å². The van der Waals surface area contributed by atoms with Gasteiger partial charge in [0.2, 0.25) is 5.91 Å². The third kappa shape index (κ3) is 3.36. The topological polar surface area (TPSA) is 71.3 Å². The zero-order chi connectivity index (χ0) is 15.5. The van der Waals surface area contributed by atoms with Gasteiger partial charge in [-0.2, -0.15) is 0 Å². The number of benzene rings is 1. The molecular formula is C17H18N2O3. The van der Waals surface area contributed by atoms with Crippen LogP contribution in [0.25, 0.3) is 0 Å². The van der Waals surface area contributed by atoms with E-state index in [-0.39, 0.29) is 23.5 Å². The van der Waals surface area contributed by atoms with Gasteiger partial charge in [-0.15, -0.1) is 0 Å². The summed E-state index contributed by atoms with van der Waals surface area (Å²) in [7, 11) is 0. The van der Waals surface area contributed by atoms with Crippen molar-refractivity contribution in [1.82, 2.24) is 5.32 Å². The smallest absolute Gasteiger partial charge is 0.291 e. The molecule has 1 fully saturated rings. The number of nitrogens with one attached hydrogen (secondary N) is 2. The van der Waals surface area contributed by atoms with Gasteiger partial charge in [0.1, 0.15) is 0 Å². The molecule has 5 nitrogen and oxygen atoms in total. The van der Waals surface area contributed by atoms with E-state index < -0.39 is 0 Å². The van der Waals surface area contributed by atoms with E-state index in [0.717, 1.165) is 12.0 Å². The van der Waals surface area contributed by atoms with Crippen molar-refractivity contribution < 1.29 is 14.0 Å². The maximum Gasteiger partial charge on any atom is 0.291 e. The zero-order valence-electron chi connectivity index (χ0n) is 12.3. The summed E-state index contributed by atoms with van der Waals surface area (Å²) < 4.78 is 5.03. The van der Waals surface area contributed by atoms with E-state index >= 15 is 0 Å². The molecule has 1 aromatic carbocycles. The predicted octanol–water partition coefficient (Wildman–Crippen LogP) is 2.80. The summed E-state index contributed by atoms with van der Waals surface area (Å²) in [5.41, 5.74) is 1.69. The molecule has 5 heteroatoms. The van der Waals surface area contributed by atoms with Gasteiger partial charge in [0, 0.05) is 18.2 Å². The molecule has 1 aliphatic carbocycles. The van der Waals surface area contributed by atoms with Crippen molar-refractivity contribution in [1.29, 1.82) is 0 Å². The van der Waals surface area contributed by atoms with Crippen molar-refractivity contribution in [3.8, 4) is 0 Å². The van der Waals surface area contributed by atoms with Crippen LogP contribution in [0.2, 0.25) is 0 Å². The van der Waals surface area contributed by atoms with Crippen LogP contribution in [0.5, 0.6) is 0 Å². The van der Waals surface area contributed by atoms with Crippen LogP contribution in [-0.2, 0) is 11.3 Å². The lowest BCUT2D eigenvalue weighted by Gasteiger charge is -2.07. The summed E-state index contributed by atoms with van der Waals surface area (Å²) in [6, 6.07) is 10.7. The summed E-state index contributed by atoms with van der Waals surface area (Å²) in [6.45, 7) is 2.59. The van der Waals surface area contributed by atoms with Crippen LogP contribution in [0.15, 0.2) is 47.1 Å². The lowest BCUT2D eigenvalue weighted by Crippen LogP contribution is -2.24. The van der Waals surface area contributed by atoms with Gasteiger partial charge >= 0.3 is 0 Å². The Morgan fingerprint density at radius 2 is 1.95 bits per heavy atom. The van der Waals surface area contributed by atoms with Crippen molar-refractivity contribution in [2.45, 2.75) is 19.9 Å². The van der Waals surface area contributed by atoms with Gasteiger partial charge in [-0.3, -0.25) is 9.59 Å². The molecule has 0 bridgehead atoms. The SMILES string of the molecule is C[C@H]1C[C@@H]1C(=O)NCc1ccc(NC(=O)c2ccco2)cc1. The van der Waals surface area contributed by atoms with Crippen LogP contribution in [0.1, 0.15) is 29.5 Å². The molecule has 0 spiro atoms. The molecule has 0 unspecified atom stereocenters. The Hall–Kier alpha value is -2.56. The van der Waals surface area contributed by atoms with E-state index in [2.05, 4.69) is 17.6 Å². The number of carbonyl (C=O) groups excluding carboxylic acids is 2. The molecule has 1 heterocycles. The fraction of sp³-hybridized carbons (Fsp3) is 0.294. The normalized spacial score (nSPS) is 19.5. The van der Waals surface area contributed by atoms with E-state index in [1.54, 1.807) is 12.1 Å². The fourth-order valence-electron chi connectivity index (χ4n) is 2.31. The largest absolute Gasteiger partial charge is 0.459 e. The van der Waals surface area contributed by atoms with Crippen LogP contribution in [0, 0.1) is 11.8 Å². The van der Waals surface area contributed by atoms with Crippen LogP contribution < -0.4 is 10.6 Å². The zero-order valence-corrected chi connectivity index (χ0v) is 12.3. The third-order valence-electron chi connectivity index (χ3n) is 3.87. The van der Waals surface area contributed by atoms with Crippen molar-refractivity contribution >= 4 is 17.5 Å². The quantitative estimate of drug-likeness (QED) is 0.891. The summed E-state index contributed by atoms with van der Waals surface area (Å²) in [4.78, 5) is 23.6. The van der Waals surface area contributed by atoms with Gasteiger partial charge in [-0.05, 0) is 42.2 Å². The van der Waals surface area contributed by atoms with Gasteiger partial charge in [-0.1, -0.05) is 19.1 Å². The summed E-state index contributed by atoms with van der Waals surface area (Å²) in [6.07, 6.45) is 2.45. The first kappa shape index (κ1) is 14.4. The van der Waals surface area contributed by atoms with Crippen LogP contribution in [0.3, 0.4) is 0 Å². The average Bonchev–Trinajstić information content (AvgIpc) is 3.03. The fourth-order valence-corrected chi connectivity index (χ4v) is 2.31. The number of furan rings is 1. The van der Waals surface area contributed by atoms with Crippen LogP contribution in [0.4, 0.5) is 5.69 Å². The highest BCUT2D eigenvalue weighted by Gasteiger charge is 2.38. The molecule has 2 amide bonds. The maximum absolute atomic E-state index is 11.8. The van der Waals surface area contributed by atoms with Crippen molar-refractivity contribution in [3.05, 3.63) is 54.0 Å². The standard InChI is InChI=1S/C17H18N2O3/c1-11-9-14(11)16(20)18-10-12-4-6-13(7-5-12)19-17(21)15-3-2-8-22-15/h2-8,11,14H,9-10H2,1H3,(H,18,20)(H,19,21)/t11-,14-/m0/s1. The lowest BCUT2D eigenvalue weighted by atomic mass is 10.2. The molecule has 1 aliphatic rings. The molecule has 3 rings (SSSR count). The number of carbonyl (C=O) groups is 2. The van der Waals surface area contributed by atoms with Gasteiger partial charge in [0.15, 0.2) is 5.76 Å². The van der Waals surface area contributed by atoms with Crippen LogP contribution >= 0.6 is 0 Å². The minimum atomic E-state index is -0.284. The van der Waals surface area contributed by atoms with Gasteiger partial charge < -0.3 is 15.1 Å². The number of hydrogen-bond acceptors (Lipinski definition) is 3. The molecule has 1 aromatic heterocycles. The molecule has 0 saturated heterocycles. The summed E-state index contributed by atoms with van der Waals surface area (Å²) in [5, 5.41) is 5.68. The van der Waals surface area contributed by atoms with Gasteiger partial charge in [0.05, 0.1) is 6.26 Å². The summed E-state index contributed by atoms with van der Waals surface area (Å²) in [5.74, 6) is 0.817. The van der Waals surface area contributed by atoms with E-state index in [9.17, 15) is 9.59 Å². The molecule has 2 atom stereocenters. The van der Waals surface area contributed by atoms with Crippen molar-refractivity contribution in [2.75, 3.05) is 5.32 Å². The van der Waals surface area contributed by atoms with Crippen molar-refractivity contribution in [2.24, 2.45) is 11.8 Å². The van der Waals surface area contributed by atoms with E-state index in [0.29, 0.717) is 18.2 Å². The first-order chi connectivity index (χ1) is 10.6. The number of amides is 2. The third-order valence-corrected chi connectivity index (χ3v) is 3.87. The Labute approximate surface area is 128 Å². The highest BCUT2D eigenvalue weighted by atomic mass is 16.3. The second-order valence-corrected chi connectivity index (χ2v) is 5.67. The highest BCUT2D eigenvalue weighted by Crippen LogP contribution is 2.37. The Morgan fingerprint density at radius 3 is 2.55 bits per heavy atom. The second kappa shape index (κ2) is 6.05. The van der Waals surface area contributed by atoms with E-state index in [1.807, 2.05) is 24.3 Å². The number of rotatable bonds is 5. The highest BCUT2D eigenvalue weighted by molar-refractivity contribution is 6.02. The molecule has 0 aliphatic heterocycles. The van der Waals surface area contributed by atoms with E-state index in [4.69, 9.17) is 4.42 Å². The molecule has 114 valence electrons. The Bertz CT molecular complexity index is 662. The molecule has 1 saturated carbocycles. The molecule has 2 aromatic rings. The number of hydrogen-bond donors (Lipinski definition) is 2. The monoisotopic (exact) mass is 298 g/mol. The van der Waals surface area contributed by atoms with Crippen LogP contribution in [-0.4, -0.2) is 11.8 Å². The molecule has 0 radical (unpaired) electrons. The Kier molecular flexibility index (Phi) is 3.96. The van der Waals surface area contributed by atoms with E-state index in [1.165, 1.54) is 6.26 Å². The predicted molar refractivity (Wildman–Crippen MR) is 82.2 cm³/mol. The Morgan fingerprint density at radius 1 is 1.23 bits per heavy atom. The lowest BCUT2D eigenvalue weighted by molar-refractivity contribution is -0.122. The maximum atomic E-state index is 11.8. The van der Waals surface area contributed by atoms with Gasteiger partial charge in [0.25, 0.3) is 5.91 Å². The second-order valence-electron chi connectivity index (χ2n) is 5.67.